The predicted octanol–water partition coefficient (Wildman–Crippen LogP) is 1.47. The Kier molecular flexibility index (Phi) is 4.65. The Morgan fingerprint density at radius 1 is 1.38 bits per heavy atom. The molecule has 2 rings (SSSR count). The average molecular weight is 331 g/mol. The number of ether oxygens (including phenoxy) is 2. The molecule has 10 heteroatoms. The molecular weight excluding hydrogens is 318 g/mol. The maximum atomic E-state index is 12.5. The molecule has 0 radical (unpaired) electrons. The van der Waals surface area contributed by atoms with Crippen LogP contribution in [0.3, 0.4) is 0 Å². The van der Waals surface area contributed by atoms with Gasteiger partial charge >= 0.3 is 0 Å². The first-order valence-corrected chi connectivity index (χ1v) is 6.56. The van der Waals surface area contributed by atoms with Crippen LogP contribution >= 0.6 is 0 Å². The number of anilines is 1. The van der Waals surface area contributed by atoms with Crippen molar-refractivity contribution in [1.29, 1.82) is 5.26 Å². The van der Waals surface area contributed by atoms with E-state index in [-0.39, 0.29) is 28.4 Å². The summed E-state index contributed by atoms with van der Waals surface area (Å²) in [4.78, 5) is 23.0. The number of methoxy groups -OCH3 is 2. The number of aromatic nitrogens is 2. The van der Waals surface area contributed by atoms with E-state index >= 15 is 0 Å². The molecule has 10 nitrogen and oxygen atoms in total. The molecule has 0 atom stereocenters. The molecule has 0 saturated carbocycles. The van der Waals surface area contributed by atoms with Crippen LogP contribution in [0.2, 0.25) is 0 Å². The second-order valence-electron chi connectivity index (χ2n) is 4.58. The molecule has 1 amide bonds. The number of nitrogens with one attached hydrogen (secondary N) is 1. The molecule has 0 aliphatic rings. The quantitative estimate of drug-likeness (QED) is 0.648. The third kappa shape index (κ3) is 2.95. The Hall–Kier alpha value is -3.61. The van der Waals surface area contributed by atoms with E-state index in [9.17, 15) is 14.9 Å². The molecule has 0 spiro atoms. The third-order valence-electron chi connectivity index (χ3n) is 3.23. The van der Waals surface area contributed by atoms with E-state index in [4.69, 9.17) is 14.7 Å². The van der Waals surface area contributed by atoms with Crippen molar-refractivity contribution in [3.8, 4) is 17.6 Å². The molecule has 0 unspecified atom stereocenters. The highest BCUT2D eigenvalue weighted by atomic mass is 16.6. The van der Waals surface area contributed by atoms with Gasteiger partial charge in [0.05, 0.1) is 31.4 Å². The van der Waals surface area contributed by atoms with E-state index in [1.54, 1.807) is 0 Å². The first-order valence-electron chi connectivity index (χ1n) is 6.56. The lowest BCUT2D eigenvalue weighted by Gasteiger charge is -2.11. The molecule has 1 heterocycles. The van der Waals surface area contributed by atoms with Crippen LogP contribution in [0.5, 0.6) is 11.5 Å². The molecule has 1 aromatic carbocycles. The molecule has 0 bridgehead atoms. The highest BCUT2D eigenvalue weighted by Gasteiger charge is 2.25. The summed E-state index contributed by atoms with van der Waals surface area (Å²) in [5.74, 6) is -0.355. The monoisotopic (exact) mass is 331 g/mol. The lowest BCUT2D eigenvalue weighted by molar-refractivity contribution is -0.385. The van der Waals surface area contributed by atoms with Gasteiger partial charge in [0, 0.05) is 13.1 Å². The van der Waals surface area contributed by atoms with Crippen LogP contribution in [0.1, 0.15) is 15.9 Å². The van der Waals surface area contributed by atoms with Crippen LogP contribution < -0.4 is 14.8 Å². The van der Waals surface area contributed by atoms with E-state index in [1.165, 1.54) is 38.2 Å². The predicted molar refractivity (Wildman–Crippen MR) is 82.1 cm³/mol. The number of rotatable bonds is 5. The van der Waals surface area contributed by atoms with Gasteiger partial charge in [-0.05, 0) is 0 Å². The van der Waals surface area contributed by atoms with E-state index in [2.05, 4.69) is 10.4 Å². The van der Waals surface area contributed by atoms with Crippen LogP contribution in [-0.2, 0) is 7.05 Å². The van der Waals surface area contributed by atoms with Crippen molar-refractivity contribution < 1.29 is 19.2 Å². The molecule has 0 aliphatic carbocycles. The zero-order chi connectivity index (χ0) is 17.9. The summed E-state index contributed by atoms with van der Waals surface area (Å²) in [7, 11) is 4.20. The Labute approximate surface area is 136 Å². The van der Waals surface area contributed by atoms with Crippen molar-refractivity contribution in [2.75, 3.05) is 19.5 Å². The van der Waals surface area contributed by atoms with Crippen molar-refractivity contribution in [3.63, 3.8) is 0 Å². The highest BCUT2D eigenvalue weighted by Crippen LogP contribution is 2.34. The van der Waals surface area contributed by atoms with Crippen LogP contribution in [-0.4, -0.2) is 34.8 Å². The fraction of sp³-hybridized carbons (Fsp3) is 0.214. The van der Waals surface area contributed by atoms with Gasteiger partial charge in [-0.3, -0.25) is 19.6 Å². The number of carbonyl (C=O) groups is 1. The number of aryl methyl sites for hydroxylation is 1. The first kappa shape index (κ1) is 16.8. The van der Waals surface area contributed by atoms with Gasteiger partial charge in [-0.25, -0.2) is 0 Å². The summed E-state index contributed by atoms with van der Waals surface area (Å²) in [6, 6.07) is 4.18. The Balaban J connectivity index is 2.50. The fourth-order valence-corrected chi connectivity index (χ4v) is 2.04. The molecule has 1 N–H and O–H groups in total. The Bertz CT molecular complexity index is 852. The Morgan fingerprint density at radius 3 is 2.54 bits per heavy atom. The van der Waals surface area contributed by atoms with Gasteiger partial charge in [-0.15, -0.1) is 0 Å². The molecule has 1 aromatic heterocycles. The molecule has 0 aliphatic heterocycles. The van der Waals surface area contributed by atoms with Gasteiger partial charge in [-0.2, -0.15) is 10.4 Å². The molecule has 124 valence electrons. The molecule has 24 heavy (non-hydrogen) atoms. The van der Waals surface area contributed by atoms with E-state index in [0.717, 1.165) is 6.07 Å². The van der Waals surface area contributed by atoms with Crippen LogP contribution in [0.15, 0.2) is 18.3 Å². The molecule has 2 aromatic rings. The Morgan fingerprint density at radius 2 is 2.00 bits per heavy atom. The number of benzene rings is 1. The van der Waals surface area contributed by atoms with Crippen LogP contribution in [0.25, 0.3) is 0 Å². The molecular formula is C14H13N5O5. The summed E-state index contributed by atoms with van der Waals surface area (Å²) in [5, 5.41) is 26.6. The van der Waals surface area contributed by atoms with Crippen molar-refractivity contribution in [1.82, 2.24) is 9.78 Å². The van der Waals surface area contributed by atoms with Crippen molar-refractivity contribution in [3.05, 3.63) is 39.6 Å². The topological polar surface area (TPSA) is 132 Å². The number of hydrogen-bond acceptors (Lipinski definition) is 7. The van der Waals surface area contributed by atoms with Gasteiger partial charge in [-0.1, -0.05) is 0 Å². The minimum Gasteiger partial charge on any atom is -0.493 e. The van der Waals surface area contributed by atoms with Gasteiger partial charge in [0.25, 0.3) is 11.6 Å². The summed E-state index contributed by atoms with van der Waals surface area (Å²) in [6.45, 7) is 0. The lowest BCUT2D eigenvalue weighted by Crippen LogP contribution is -2.17. The van der Waals surface area contributed by atoms with Crippen LogP contribution in [0.4, 0.5) is 11.5 Å². The maximum Gasteiger partial charge on any atom is 0.286 e. The number of nitrogens with zero attached hydrogens (tertiary/aromatic N) is 4. The standard InChI is InChI=1S/C14H13N5O5/c1-18-13(8(6-15)7-16-18)17-14(20)9-4-11(23-2)12(24-3)5-10(9)19(21)22/h4-5,7H,1-3H3,(H,17,20). The van der Waals surface area contributed by atoms with E-state index < -0.39 is 16.5 Å². The van der Waals surface area contributed by atoms with E-state index in [0.29, 0.717) is 0 Å². The summed E-state index contributed by atoms with van der Waals surface area (Å²) in [5.41, 5.74) is -0.553. The number of hydrogen-bond donors (Lipinski definition) is 1. The second kappa shape index (κ2) is 6.66. The second-order valence-corrected chi connectivity index (χ2v) is 4.58. The van der Waals surface area contributed by atoms with Gasteiger partial charge in [0.15, 0.2) is 11.5 Å². The zero-order valence-corrected chi connectivity index (χ0v) is 13.1. The van der Waals surface area contributed by atoms with Crippen molar-refractivity contribution in [2.24, 2.45) is 7.05 Å². The number of nitriles is 1. The number of carbonyl (C=O) groups excluding carboxylic acids is 1. The zero-order valence-electron chi connectivity index (χ0n) is 13.1. The summed E-state index contributed by atoms with van der Waals surface area (Å²) >= 11 is 0. The van der Waals surface area contributed by atoms with Crippen LogP contribution in [0, 0.1) is 21.4 Å². The minimum atomic E-state index is -0.775. The number of amides is 1. The maximum absolute atomic E-state index is 12.5. The van der Waals surface area contributed by atoms with Gasteiger partial charge in [0.2, 0.25) is 0 Å². The third-order valence-corrected chi connectivity index (χ3v) is 3.23. The normalized spacial score (nSPS) is 9.92. The smallest absolute Gasteiger partial charge is 0.286 e. The summed E-state index contributed by atoms with van der Waals surface area (Å²) in [6.07, 6.45) is 1.28. The summed E-state index contributed by atoms with van der Waals surface area (Å²) < 4.78 is 11.4. The number of nitro groups is 1. The average Bonchev–Trinajstić information content (AvgIpc) is 2.93. The van der Waals surface area contributed by atoms with E-state index in [1.807, 2.05) is 6.07 Å². The van der Waals surface area contributed by atoms with Gasteiger partial charge in [0.1, 0.15) is 23.0 Å². The largest absolute Gasteiger partial charge is 0.493 e. The van der Waals surface area contributed by atoms with Gasteiger partial charge < -0.3 is 14.8 Å². The molecule has 0 fully saturated rings. The molecule has 0 saturated heterocycles. The first-order chi connectivity index (χ1) is 11.4. The van der Waals surface area contributed by atoms with Crippen molar-refractivity contribution >= 4 is 17.4 Å². The highest BCUT2D eigenvalue weighted by molar-refractivity contribution is 6.07. The number of nitro benzene ring substituents is 1. The SMILES string of the molecule is COc1cc(C(=O)Nc2c(C#N)cnn2C)c([N+](=O)[O-])cc1OC. The fourth-order valence-electron chi connectivity index (χ4n) is 2.04. The van der Waals surface area contributed by atoms with Crippen molar-refractivity contribution in [2.45, 2.75) is 0 Å². The minimum absolute atomic E-state index is 0.124. The lowest BCUT2D eigenvalue weighted by atomic mass is 10.1.